The smallest absolute Gasteiger partial charge is 0.277 e. The van der Waals surface area contributed by atoms with Crippen LogP contribution >= 0.6 is 23.1 Å². The Bertz CT molecular complexity index is 676. The number of rotatable bonds is 6. The first kappa shape index (κ1) is 16.1. The molecule has 2 fully saturated rings. The number of thioether (sulfide) groups is 1. The molecule has 0 bridgehead atoms. The van der Waals surface area contributed by atoms with Crippen LogP contribution < -0.4 is 5.32 Å². The van der Waals surface area contributed by atoms with Gasteiger partial charge in [0.25, 0.3) is 11.1 Å². The van der Waals surface area contributed by atoms with Crippen LogP contribution in [0.25, 0.3) is 10.8 Å². The Morgan fingerprint density at radius 3 is 2.88 bits per heavy atom. The maximum absolute atomic E-state index is 12.1. The van der Waals surface area contributed by atoms with Crippen molar-refractivity contribution < 1.29 is 9.21 Å². The average Bonchev–Trinajstić information content (AvgIpc) is 3.11. The first-order valence-electron chi connectivity index (χ1n) is 8.31. The number of likely N-dealkylation sites (tertiary alicyclic amines) is 1. The summed E-state index contributed by atoms with van der Waals surface area (Å²) < 4.78 is 5.58. The van der Waals surface area contributed by atoms with Gasteiger partial charge in [-0.2, -0.15) is 0 Å². The molecule has 0 spiro atoms. The molecule has 0 atom stereocenters. The van der Waals surface area contributed by atoms with Gasteiger partial charge in [0.15, 0.2) is 0 Å². The minimum absolute atomic E-state index is 0.0424. The van der Waals surface area contributed by atoms with Gasteiger partial charge in [-0.15, -0.1) is 21.5 Å². The van der Waals surface area contributed by atoms with Crippen molar-refractivity contribution in [2.45, 2.75) is 43.0 Å². The molecule has 1 saturated carbocycles. The molecule has 0 unspecified atom stereocenters. The van der Waals surface area contributed by atoms with Crippen LogP contribution in [0.5, 0.6) is 0 Å². The molecule has 1 saturated heterocycles. The van der Waals surface area contributed by atoms with E-state index >= 15 is 0 Å². The molecule has 6 nitrogen and oxygen atoms in total. The van der Waals surface area contributed by atoms with Crippen LogP contribution in [0.1, 0.15) is 25.7 Å². The number of carbonyl (C=O) groups excluding carboxylic acids is 1. The fourth-order valence-electron chi connectivity index (χ4n) is 3.01. The van der Waals surface area contributed by atoms with E-state index in [-0.39, 0.29) is 5.91 Å². The molecule has 2 aromatic heterocycles. The standard InChI is InChI=1S/C16H20N4O2S2/c21-14(17-11-5-7-20(8-6-11)12-3-4-12)10-24-16-19-18-15(22-16)13-2-1-9-23-13/h1-2,9,11-12H,3-8,10H2,(H,17,21). The molecular formula is C16H20N4O2S2. The Balaban J connectivity index is 1.21. The van der Waals surface area contributed by atoms with Crippen molar-refractivity contribution in [1.29, 1.82) is 0 Å². The van der Waals surface area contributed by atoms with Gasteiger partial charge < -0.3 is 14.6 Å². The van der Waals surface area contributed by atoms with Crippen LogP contribution in [0.15, 0.2) is 27.2 Å². The second-order valence-corrected chi connectivity index (χ2v) is 8.12. The van der Waals surface area contributed by atoms with Gasteiger partial charge in [-0.05, 0) is 37.1 Å². The molecule has 8 heteroatoms. The highest BCUT2D eigenvalue weighted by atomic mass is 32.2. The maximum atomic E-state index is 12.1. The van der Waals surface area contributed by atoms with Gasteiger partial charge in [-0.3, -0.25) is 4.79 Å². The highest BCUT2D eigenvalue weighted by Crippen LogP contribution is 2.29. The van der Waals surface area contributed by atoms with Crippen molar-refractivity contribution in [3.63, 3.8) is 0 Å². The van der Waals surface area contributed by atoms with Crippen LogP contribution in [0, 0.1) is 0 Å². The molecule has 1 aliphatic carbocycles. The van der Waals surface area contributed by atoms with Crippen molar-refractivity contribution in [2.75, 3.05) is 18.8 Å². The van der Waals surface area contributed by atoms with Crippen LogP contribution in [0.4, 0.5) is 0 Å². The summed E-state index contributed by atoms with van der Waals surface area (Å²) in [5.74, 6) is 0.871. The maximum Gasteiger partial charge on any atom is 0.277 e. The monoisotopic (exact) mass is 364 g/mol. The van der Waals surface area contributed by atoms with Gasteiger partial charge >= 0.3 is 0 Å². The van der Waals surface area contributed by atoms with E-state index in [1.165, 1.54) is 24.6 Å². The lowest BCUT2D eigenvalue weighted by molar-refractivity contribution is -0.119. The van der Waals surface area contributed by atoms with E-state index in [2.05, 4.69) is 20.4 Å². The van der Waals surface area contributed by atoms with E-state index in [0.29, 0.717) is 22.9 Å². The van der Waals surface area contributed by atoms with Gasteiger partial charge in [0, 0.05) is 25.2 Å². The van der Waals surface area contributed by atoms with Gasteiger partial charge in [-0.25, -0.2) is 0 Å². The summed E-state index contributed by atoms with van der Waals surface area (Å²) in [6.45, 7) is 2.22. The molecule has 0 aromatic carbocycles. The van der Waals surface area contributed by atoms with Gasteiger partial charge in [0.1, 0.15) is 0 Å². The SMILES string of the molecule is O=C(CSc1nnc(-c2cccs2)o1)NC1CCN(C2CC2)CC1. The zero-order valence-corrected chi connectivity index (χ0v) is 14.9. The summed E-state index contributed by atoms with van der Waals surface area (Å²) in [7, 11) is 0. The molecule has 24 heavy (non-hydrogen) atoms. The zero-order valence-electron chi connectivity index (χ0n) is 13.3. The number of nitrogens with zero attached hydrogens (tertiary/aromatic N) is 3. The number of aromatic nitrogens is 2. The lowest BCUT2D eigenvalue weighted by Gasteiger charge is -2.32. The number of carbonyl (C=O) groups is 1. The van der Waals surface area contributed by atoms with Crippen LogP contribution in [0.3, 0.4) is 0 Å². The number of amides is 1. The largest absolute Gasteiger partial charge is 0.410 e. The normalized spacial score (nSPS) is 19.5. The van der Waals surface area contributed by atoms with Crippen molar-refractivity contribution in [1.82, 2.24) is 20.4 Å². The molecule has 0 radical (unpaired) electrons. The lowest BCUT2D eigenvalue weighted by atomic mass is 10.1. The summed E-state index contributed by atoms with van der Waals surface area (Å²) in [5, 5.41) is 13.5. The fraction of sp³-hybridized carbons (Fsp3) is 0.562. The van der Waals surface area contributed by atoms with Crippen molar-refractivity contribution in [2.24, 2.45) is 0 Å². The third-order valence-electron chi connectivity index (χ3n) is 4.42. The second-order valence-electron chi connectivity index (χ2n) is 6.25. The van der Waals surface area contributed by atoms with Gasteiger partial charge in [-0.1, -0.05) is 17.8 Å². The van der Waals surface area contributed by atoms with Crippen molar-refractivity contribution in [3.8, 4) is 10.8 Å². The first-order valence-corrected chi connectivity index (χ1v) is 10.2. The Labute approximate surface area is 149 Å². The Hall–Kier alpha value is -1.38. The minimum Gasteiger partial charge on any atom is -0.410 e. The number of hydrogen-bond acceptors (Lipinski definition) is 7. The van der Waals surface area contributed by atoms with Crippen molar-refractivity contribution in [3.05, 3.63) is 17.5 Å². The average molecular weight is 364 g/mol. The quantitative estimate of drug-likeness (QED) is 0.795. The summed E-state index contributed by atoms with van der Waals surface area (Å²) in [6, 6.07) is 5.01. The van der Waals surface area contributed by atoms with Crippen LogP contribution in [-0.2, 0) is 4.79 Å². The van der Waals surface area contributed by atoms with Gasteiger partial charge in [0.05, 0.1) is 10.6 Å². The Morgan fingerprint density at radius 2 is 2.17 bits per heavy atom. The third kappa shape index (κ3) is 3.99. The number of nitrogens with one attached hydrogen (secondary N) is 1. The molecule has 128 valence electrons. The van der Waals surface area contributed by atoms with E-state index in [4.69, 9.17) is 4.42 Å². The molecular weight excluding hydrogens is 344 g/mol. The number of hydrogen-bond donors (Lipinski definition) is 1. The third-order valence-corrected chi connectivity index (χ3v) is 6.10. The number of thiophene rings is 1. The fourth-order valence-corrected chi connectivity index (χ4v) is 4.23. The van der Waals surface area contributed by atoms with E-state index in [1.807, 2.05) is 17.5 Å². The van der Waals surface area contributed by atoms with Crippen LogP contribution in [-0.4, -0.2) is 51.9 Å². The Kier molecular flexibility index (Phi) is 4.86. The van der Waals surface area contributed by atoms with Gasteiger partial charge in [0.2, 0.25) is 5.91 Å². The predicted molar refractivity (Wildman–Crippen MR) is 94.1 cm³/mol. The van der Waals surface area contributed by atoms with E-state index in [0.717, 1.165) is 36.9 Å². The van der Waals surface area contributed by atoms with E-state index in [9.17, 15) is 4.79 Å². The van der Waals surface area contributed by atoms with Crippen molar-refractivity contribution >= 4 is 29.0 Å². The second kappa shape index (κ2) is 7.25. The molecule has 1 N–H and O–H groups in total. The summed E-state index contributed by atoms with van der Waals surface area (Å²) in [6.07, 6.45) is 4.81. The highest BCUT2D eigenvalue weighted by Gasteiger charge is 2.32. The number of piperidine rings is 1. The Morgan fingerprint density at radius 1 is 1.33 bits per heavy atom. The first-order chi connectivity index (χ1) is 11.8. The lowest BCUT2D eigenvalue weighted by Crippen LogP contribution is -2.45. The minimum atomic E-state index is 0.0424. The molecule has 1 amide bonds. The van der Waals surface area contributed by atoms with E-state index in [1.54, 1.807) is 11.3 Å². The summed E-state index contributed by atoms with van der Waals surface area (Å²) in [4.78, 5) is 15.6. The molecule has 2 aliphatic rings. The zero-order chi connectivity index (χ0) is 16.4. The predicted octanol–water partition coefficient (Wildman–Crippen LogP) is 2.63. The summed E-state index contributed by atoms with van der Waals surface area (Å²) >= 11 is 2.85. The molecule has 1 aliphatic heterocycles. The molecule has 4 rings (SSSR count). The summed E-state index contributed by atoms with van der Waals surface area (Å²) in [5.41, 5.74) is 0. The van der Waals surface area contributed by atoms with Crippen LogP contribution in [0.2, 0.25) is 0 Å². The molecule has 2 aromatic rings. The molecule has 3 heterocycles. The highest BCUT2D eigenvalue weighted by molar-refractivity contribution is 7.99. The topological polar surface area (TPSA) is 71.3 Å². The van der Waals surface area contributed by atoms with E-state index < -0.39 is 0 Å².